The van der Waals surface area contributed by atoms with E-state index in [0.717, 1.165) is 12.3 Å². The fraction of sp³-hybridized carbons (Fsp3) is 0.250. The molecule has 3 nitrogen and oxygen atoms in total. The van der Waals surface area contributed by atoms with E-state index in [0.29, 0.717) is 0 Å². The van der Waals surface area contributed by atoms with Crippen LogP contribution in [-0.2, 0) is 6.18 Å². The molecule has 0 unspecified atom stereocenters. The van der Waals surface area contributed by atoms with E-state index in [1.807, 2.05) is 0 Å². The molecule has 1 heterocycles. The highest BCUT2D eigenvalue weighted by Gasteiger charge is 2.31. The highest BCUT2D eigenvalue weighted by Crippen LogP contribution is 2.29. The van der Waals surface area contributed by atoms with Crippen molar-refractivity contribution in [2.45, 2.75) is 6.18 Å². The molecule has 7 heteroatoms. The van der Waals surface area contributed by atoms with Crippen LogP contribution in [0.4, 0.5) is 18.9 Å². The van der Waals surface area contributed by atoms with Crippen molar-refractivity contribution in [3.05, 3.63) is 24.0 Å². The minimum atomic E-state index is -4.40. The quantitative estimate of drug-likeness (QED) is 0.730. The van der Waals surface area contributed by atoms with Crippen LogP contribution >= 0.6 is 12.2 Å². The summed E-state index contributed by atoms with van der Waals surface area (Å²) in [5, 5.41) is 5.38. The van der Waals surface area contributed by atoms with Crippen molar-refractivity contribution < 1.29 is 13.2 Å². The molecule has 0 bridgehead atoms. The molecule has 0 radical (unpaired) electrons. The van der Waals surface area contributed by atoms with Crippen molar-refractivity contribution in [2.24, 2.45) is 0 Å². The first-order valence-electron chi connectivity index (χ1n) is 3.94. The highest BCUT2D eigenvalue weighted by molar-refractivity contribution is 7.80. The smallest absolute Gasteiger partial charge is 0.366 e. The summed E-state index contributed by atoms with van der Waals surface area (Å²) in [5.74, 6) is 0. The molecule has 15 heavy (non-hydrogen) atoms. The molecular weight excluding hydrogens is 227 g/mol. The second-order valence-corrected chi connectivity index (χ2v) is 3.07. The topological polar surface area (TPSA) is 37.0 Å². The van der Waals surface area contributed by atoms with Crippen LogP contribution in [0.5, 0.6) is 0 Å². The summed E-state index contributed by atoms with van der Waals surface area (Å²) >= 11 is 4.74. The predicted molar refractivity (Wildman–Crippen MR) is 54.5 cm³/mol. The van der Waals surface area contributed by atoms with Gasteiger partial charge in [-0.05, 0) is 18.3 Å². The van der Waals surface area contributed by atoms with Crippen LogP contribution in [0.25, 0.3) is 0 Å². The van der Waals surface area contributed by atoms with Crippen molar-refractivity contribution >= 4 is 23.0 Å². The lowest BCUT2D eigenvalue weighted by molar-refractivity contribution is -0.137. The van der Waals surface area contributed by atoms with Crippen molar-refractivity contribution in [1.29, 1.82) is 0 Å². The van der Waals surface area contributed by atoms with Gasteiger partial charge in [0, 0.05) is 13.2 Å². The minimum Gasteiger partial charge on any atom is -0.366 e. The Kier molecular flexibility index (Phi) is 3.46. The van der Waals surface area contributed by atoms with Crippen LogP contribution in [0.1, 0.15) is 5.56 Å². The Bertz CT molecular complexity index is 364. The number of hydrogen-bond donors (Lipinski definition) is 2. The fourth-order valence-electron chi connectivity index (χ4n) is 0.857. The maximum absolute atomic E-state index is 12.3. The van der Waals surface area contributed by atoms with Crippen molar-refractivity contribution in [2.75, 3.05) is 12.4 Å². The van der Waals surface area contributed by atoms with Crippen LogP contribution in [0.15, 0.2) is 18.5 Å². The van der Waals surface area contributed by atoms with Crippen LogP contribution in [0.2, 0.25) is 0 Å². The standard InChI is InChI=1S/C8H8F3N3S/c1-12-7(15)14-6-2-5(3-13-4-6)8(9,10)11/h2-4H,1H3,(H2,12,14,15). The van der Waals surface area contributed by atoms with E-state index in [4.69, 9.17) is 12.2 Å². The molecule has 1 rings (SSSR count). The third-order valence-electron chi connectivity index (χ3n) is 1.55. The first-order chi connectivity index (χ1) is 6.93. The first kappa shape index (κ1) is 11.7. The largest absolute Gasteiger partial charge is 0.417 e. The lowest BCUT2D eigenvalue weighted by Crippen LogP contribution is -2.24. The van der Waals surface area contributed by atoms with Crippen molar-refractivity contribution in [3.63, 3.8) is 0 Å². The average Bonchev–Trinajstić information content (AvgIpc) is 2.17. The molecule has 1 aromatic rings. The van der Waals surface area contributed by atoms with Crippen LogP contribution in [0, 0.1) is 0 Å². The lowest BCUT2D eigenvalue weighted by atomic mass is 10.2. The summed E-state index contributed by atoms with van der Waals surface area (Å²) in [5.41, 5.74) is -0.615. The zero-order valence-corrected chi connectivity index (χ0v) is 8.54. The van der Waals surface area contributed by atoms with E-state index >= 15 is 0 Å². The zero-order chi connectivity index (χ0) is 11.5. The van der Waals surface area contributed by atoms with Gasteiger partial charge in [0.1, 0.15) is 0 Å². The van der Waals surface area contributed by atoms with E-state index in [1.165, 1.54) is 6.20 Å². The lowest BCUT2D eigenvalue weighted by Gasteiger charge is -2.09. The van der Waals surface area contributed by atoms with E-state index < -0.39 is 11.7 Å². The Morgan fingerprint density at radius 3 is 2.60 bits per heavy atom. The number of aromatic nitrogens is 1. The first-order valence-corrected chi connectivity index (χ1v) is 4.35. The Labute approximate surface area is 89.7 Å². The normalized spacial score (nSPS) is 10.9. The van der Waals surface area contributed by atoms with Gasteiger partial charge in [0.05, 0.1) is 17.4 Å². The number of hydrogen-bond acceptors (Lipinski definition) is 2. The molecule has 0 spiro atoms. The Hall–Kier alpha value is -1.37. The summed E-state index contributed by atoms with van der Waals surface area (Å²) in [7, 11) is 1.57. The maximum Gasteiger partial charge on any atom is 0.417 e. The van der Waals surface area contributed by atoms with E-state index in [-0.39, 0.29) is 10.8 Å². The average molecular weight is 235 g/mol. The van der Waals surface area contributed by atoms with Gasteiger partial charge in [-0.2, -0.15) is 13.2 Å². The molecule has 0 aliphatic rings. The van der Waals surface area contributed by atoms with Crippen molar-refractivity contribution in [3.8, 4) is 0 Å². The molecule has 0 aliphatic heterocycles. The predicted octanol–water partition coefficient (Wildman–Crippen LogP) is 2.02. The van der Waals surface area contributed by atoms with Crippen LogP contribution in [-0.4, -0.2) is 17.1 Å². The SMILES string of the molecule is CNC(=S)Nc1cncc(C(F)(F)F)c1. The van der Waals surface area contributed by atoms with E-state index in [1.54, 1.807) is 7.05 Å². The summed E-state index contributed by atoms with van der Waals surface area (Å²) < 4.78 is 36.8. The van der Waals surface area contributed by atoms with Gasteiger partial charge >= 0.3 is 6.18 Å². The van der Waals surface area contributed by atoms with Gasteiger partial charge in [-0.3, -0.25) is 4.98 Å². The fourth-order valence-corrected chi connectivity index (χ4v) is 0.975. The number of nitrogens with zero attached hydrogens (tertiary/aromatic N) is 1. The number of thiocarbonyl (C=S) groups is 1. The summed E-state index contributed by atoms with van der Waals surface area (Å²) in [6.45, 7) is 0. The van der Waals surface area contributed by atoms with E-state index in [9.17, 15) is 13.2 Å². The van der Waals surface area contributed by atoms with Gasteiger partial charge in [0.25, 0.3) is 0 Å². The van der Waals surface area contributed by atoms with Gasteiger partial charge in [-0.1, -0.05) is 0 Å². The van der Waals surface area contributed by atoms with Gasteiger partial charge in [0.2, 0.25) is 0 Å². The molecule has 2 N–H and O–H groups in total. The molecule has 0 atom stereocenters. The third-order valence-corrected chi connectivity index (χ3v) is 1.86. The second-order valence-electron chi connectivity index (χ2n) is 2.66. The maximum atomic E-state index is 12.3. The molecule has 0 saturated carbocycles. The Balaban J connectivity index is 2.88. The summed E-state index contributed by atoms with van der Waals surface area (Å²) in [6.07, 6.45) is -2.38. The van der Waals surface area contributed by atoms with Gasteiger partial charge in [-0.15, -0.1) is 0 Å². The number of alkyl halides is 3. The van der Waals surface area contributed by atoms with Gasteiger partial charge in [-0.25, -0.2) is 0 Å². The van der Waals surface area contributed by atoms with Crippen molar-refractivity contribution in [1.82, 2.24) is 10.3 Å². The summed E-state index contributed by atoms with van der Waals surface area (Å²) in [6, 6.07) is 0.941. The number of pyridine rings is 1. The van der Waals surface area contributed by atoms with Crippen LogP contribution < -0.4 is 10.6 Å². The highest BCUT2D eigenvalue weighted by atomic mass is 32.1. The molecule has 0 fully saturated rings. The Morgan fingerprint density at radius 1 is 1.40 bits per heavy atom. The molecule has 0 aromatic carbocycles. The van der Waals surface area contributed by atoms with E-state index in [2.05, 4.69) is 15.6 Å². The second kappa shape index (κ2) is 4.43. The number of halogens is 3. The Morgan fingerprint density at radius 2 is 2.07 bits per heavy atom. The zero-order valence-electron chi connectivity index (χ0n) is 7.72. The third kappa shape index (κ3) is 3.35. The molecule has 0 amide bonds. The van der Waals surface area contributed by atoms with Gasteiger partial charge < -0.3 is 10.6 Å². The molecule has 82 valence electrons. The number of rotatable bonds is 1. The molecule has 0 saturated heterocycles. The minimum absolute atomic E-state index is 0.198. The van der Waals surface area contributed by atoms with Crippen LogP contribution in [0.3, 0.4) is 0 Å². The molecule has 0 aliphatic carbocycles. The summed E-state index contributed by atoms with van der Waals surface area (Å²) in [4.78, 5) is 3.47. The monoisotopic (exact) mass is 235 g/mol. The molecular formula is C8H8F3N3S. The number of nitrogens with one attached hydrogen (secondary N) is 2. The van der Waals surface area contributed by atoms with Gasteiger partial charge in [0.15, 0.2) is 5.11 Å². The number of anilines is 1. The molecule has 1 aromatic heterocycles.